The molecular weight excluding hydrogens is 364 g/mol. The molecule has 2 aromatic carbocycles. The number of carbonyl (C=O) groups is 1. The normalized spacial score (nSPS) is 10.2. The van der Waals surface area contributed by atoms with Gasteiger partial charge in [0.05, 0.1) is 23.6 Å². The minimum Gasteiger partial charge on any atom is -0.494 e. The molecule has 2 rings (SSSR count). The number of rotatable bonds is 6. The summed E-state index contributed by atoms with van der Waals surface area (Å²) in [4.78, 5) is 22.4. The third-order valence-corrected chi connectivity index (χ3v) is 3.73. The van der Waals surface area contributed by atoms with Crippen LogP contribution in [0.15, 0.2) is 46.9 Å². The van der Waals surface area contributed by atoms with Crippen LogP contribution in [-0.4, -0.2) is 17.4 Å². The van der Waals surface area contributed by atoms with E-state index in [1.54, 1.807) is 12.1 Å². The van der Waals surface area contributed by atoms with Crippen molar-refractivity contribution in [2.24, 2.45) is 0 Å². The van der Waals surface area contributed by atoms with Gasteiger partial charge < -0.3 is 10.1 Å². The van der Waals surface area contributed by atoms with E-state index in [-0.39, 0.29) is 18.0 Å². The Bertz CT molecular complexity index is 717. The Morgan fingerprint density at radius 3 is 2.57 bits per heavy atom. The molecule has 0 aliphatic carbocycles. The zero-order valence-corrected chi connectivity index (χ0v) is 14.0. The lowest BCUT2D eigenvalue weighted by Gasteiger charge is -2.08. The summed E-state index contributed by atoms with van der Waals surface area (Å²) < 4.78 is 5.93. The number of nitrogens with zero attached hydrogens (tertiary/aromatic N) is 1. The molecule has 120 valence electrons. The molecule has 0 radical (unpaired) electrons. The van der Waals surface area contributed by atoms with E-state index in [9.17, 15) is 14.9 Å². The molecule has 0 bridgehead atoms. The Kier molecular flexibility index (Phi) is 5.70. The van der Waals surface area contributed by atoms with E-state index in [4.69, 9.17) is 4.74 Å². The fraction of sp³-hybridized carbons (Fsp3) is 0.188. The molecule has 1 N–H and O–H groups in total. The number of hydrogen-bond acceptors (Lipinski definition) is 4. The minimum atomic E-state index is -0.505. The average molecular weight is 379 g/mol. The summed E-state index contributed by atoms with van der Waals surface area (Å²) in [5.74, 6) is 0.494. The molecule has 0 spiro atoms. The number of amides is 1. The summed E-state index contributed by atoms with van der Waals surface area (Å²) in [6.07, 6.45) is 0.168. The van der Waals surface area contributed by atoms with Gasteiger partial charge in [0.1, 0.15) is 5.75 Å². The summed E-state index contributed by atoms with van der Waals surface area (Å²) in [7, 11) is 0. The molecule has 0 aliphatic rings. The molecule has 6 nitrogen and oxygen atoms in total. The van der Waals surface area contributed by atoms with E-state index in [0.29, 0.717) is 16.8 Å². The van der Waals surface area contributed by atoms with Gasteiger partial charge in [0.25, 0.3) is 5.69 Å². The Morgan fingerprint density at radius 1 is 1.26 bits per heavy atom. The van der Waals surface area contributed by atoms with E-state index in [0.717, 1.165) is 11.3 Å². The van der Waals surface area contributed by atoms with Crippen LogP contribution in [0.25, 0.3) is 0 Å². The van der Waals surface area contributed by atoms with Crippen LogP contribution in [0, 0.1) is 10.1 Å². The highest BCUT2D eigenvalue weighted by Crippen LogP contribution is 2.27. The number of non-ortho nitro benzene ring substituents is 1. The van der Waals surface area contributed by atoms with Gasteiger partial charge in [-0.2, -0.15) is 0 Å². The lowest BCUT2D eigenvalue weighted by molar-refractivity contribution is -0.384. The highest BCUT2D eigenvalue weighted by Gasteiger charge is 2.12. The maximum Gasteiger partial charge on any atom is 0.271 e. The Balaban J connectivity index is 2.04. The first-order valence-electron chi connectivity index (χ1n) is 6.95. The lowest BCUT2D eigenvalue weighted by atomic mass is 10.1. The van der Waals surface area contributed by atoms with Crippen molar-refractivity contribution in [2.75, 3.05) is 11.9 Å². The third-order valence-electron chi connectivity index (χ3n) is 3.03. The molecule has 0 saturated heterocycles. The van der Waals surface area contributed by atoms with Crippen LogP contribution in [0.2, 0.25) is 0 Å². The van der Waals surface area contributed by atoms with Crippen molar-refractivity contribution in [2.45, 2.75) is 13.3 Å². The van der Waals surface area contributed by atoms with Gasteiger partial charge in [0.2, 0.25) is 5.91 Å². The minimum absolute atomic E-state index is 0.0791. The quantitative estimate of drug-likeness (QED) is 0.609. The number of carbonyl (C=O) groups excluding carboxylic acids is 1. The van der Waals surface area contributed by atoms with Crippen LogP contribution in [0.1, 0.15) is 12.5 Å². The highest BCUT2D eigenvalue weighted by atomic mass is 79.9. The number of hydrogen-bond donors (Lipinski definition) is 1. The van der Waals surface area contributed by atoms with Crippen LogP contribution < -0.4 is 10.1 Å². The number of halogens is 1. The fourth-order valence-electron chi connectivity index (χ4n) is 1.97. The molecule has 2 aromatic rings. The van der Waals surface area contributed by atoms with Gasteiger partial charge in [-0.05, 0) is 46.6 Å². The van der Waals surface area contributed by atoms with Crippen molar-refractivity contribution in [3.8, 4) is 5.75 Å². The van der Waals surface area contributed by atoms with Gasteiger partial charge in [-0.15, -0.1) is 0 Å². The molecule has 23 heavy (non-hydrogen) atoms. The molecule has 0 aromatic heterocycles. The molecule has 0 fully saturated rings. The van der Waals surface area contributed by atoms with Gasteiger partial charge >= 0.3 is 0 Å². The maximum absolute atomic E-state index is 12.1. The van der Waals surface area contributed by atoms with Crippen LogP contribution >= 0.6 is 15.9 Å². The summed E-state index contributed by atoms with van der Waals surface area (Å²) in [6, 6.07) is 11.4. The van der Waals surface area contributed by atoms with E-state index in [1.165, 1.54) is 18.2 Å². The summed E-state index contributed by atoms with van der Waals surface area (Å²) in [6.45, 7) is 2.49. The zero-order chi connectivity index (χ0) is 16.8. The van der Waals surface area contributed by atoms with Gasteiger partial charge in [-0.3, -0.25) is 14.9 Å². The second kappa shape index (κ2) is 7.73. The monoisotopic (exact) mass is 378 g/mol. The molecule has 0 heterocycles. The second-order valence-electron chi connectivity index (χ2n) is 4.72. The second-order valence-corrected chi connectivity index (χ2v) is 5.58. The zero-order valence-electron chi connectivity index (χ0n) is 12.4. The van der Waals surface area contributed by atoms with Gasteiger partial charge in [0.15, 0.2) is 0 Å². The van der Waals surface area contributed by atoms with Crippen molar-refractivity contribution >= 4 is 33.2 Å². The number of nitro groups is 1. The number of benzene rings is 2. The lowest BCUT2D eigenvalue weighted by Crippen LogP contribution is -2.14. The van der Waals surface area contributed by atoms with Crippen LogP contribution in [0.3, 0.4) is 0 Å². The number of nitro benzene ring substituents is 1. The SMILES string of the molecule is CCOc1ccc(CC(=O)Nc2cc([N+](=O)[O-])ccc2Br)cc1. The largest absolute Gasteiger partial charge is 0.494 e. The average Bonchev–Trinajstić information content (AvgIpc) is 2.51. The first-order valence-corrected chi connectivity index (χ1v) is 7.74. The van der Waals surface area contributed by atoms with E-state index < -0.39 is 4.92 Å². The van der Waals surface area contributed by atoms with Crippen LogP contribution in [0.4, 0.5) is 11.4 Å². The molecular formula is C16H15BrN2O4. The number of anilines is 1. The van der Waals surface area contributed by atoms with E-state index >= 15 is 0 Å². The van der Waals surface area contributed by atoms with Crippen molar-refractivity contribution in [1.29, 1.82) is 0 Å². The van der Waals surface area contributed by atoms with Crippen molar-refractivity contribution in [3.05, 3.63) is 62.6 Å². The Hall–Kier alpha value is -2.41. The first kappa shape index (κ1) is 17.0. The van der Waals surface area contributed by atoms with Crippen LogP contribution in [0.5, 0.6) is 5.75 Å². The maximum atomic E-state index is 12.1. The van der Waals surface area contributed by atoms with Crippen molar-refractivity contribution < 1.29 is 14.5 Å². The number of ether oxygens (including phenoxy) is 1. The molecule has 1 amide bonds. The highest BCUT2D eigenvalue weighted by molar-refractivity contribution is 9.10. The Labute approximate surface area is 141 Å². The van der Waals surface area contributed by atoms with E-state index in [1.807, 2.05) is 19.1 Å². The summed E-state index contributed by atoms with van der Waals surface area (Å²) >= 11 is 3.27. The molecule has 0 saturated carbocycles. The number of nitrogens with one attached hydrogen (secondary N) is 1. The predicted molar refractivity (Wildman–Crippen MR) is 90.7 cm³/mol. The fourth-order valence-corrected chi connectivity index (χ4v) is 2.32. The molecule has 0 aliphatic heterocycles. The molecule has 0 unspecified atom stereocenters. The van der Waals surface area contributed by atoms with Gasteiger partial charge in [-0.1, -0.05) is 12.1 Å². The summed E-state index contributed by atoms with van der Waals surface area (Å²) in [5, 5.41) is 13.5. The predicted octanol–water partition coefficient (Wildman–Crippen LogP) is 3.94. The first-order chi connectivity index (χ1) is 11.0. The third kappa shape index (κ3) is 4.79. The van der Waals surface area contributed by atoms with Crippen molar-refractivity contribution in [3.63, 3.8) is 0 Å². The van der Waals surface area contributed by atoms with Gasteiger partial charge in [-0.25, -0.2) is 0 Å². The Morgan fingerprint density at radius 2 is 1.96 bits per heavy atom. The van der Waals surface area contributed by atoms with Crippen LogP contribution in [-0.2, 0) is 11.2 Å². The smallest absolute Gasteiger partial charge is 0.271 e. The van der Waals surface area contributed by atoms with Crippen molar-refractivity contribution in [1.82, 2.24) is 0 Å². The van der Waals surface area contributed by atoms with E-state index in [2.05, 4.69) is 21.2 Å². The molecule has 0 atom stereocenters. The standard InChI is InChI=1S/C16H15BrN2O4/c1-2-23-13-6-3-11(4-7-13)9-16(20)18-15-10-12(19(21)22)5-8-14(15)17/h3-8,10H,2,9H2,1H3,(H,18,20). The molecule has 7 heteroatoms. The summed E-state index contributed by atoms with van der Waals surface area (Å²) in [5.41, 5.74) is 1.12. The topological polar surface area (TPSA) is 81.5 Å². The van der Waals surface area contributed by atoms with Gasteiger partial charge in [0, 0.05) is 16.6 Å².